The number of amides is 1. The Balaban J connectivity index is 1.89. The second kappa shape index (κ2) is 7.74. The van der Waals surface area contributed by atoms with Gasteiger partial charge in [0.25, 0.3) is 11.6 Å². The fourth-order valence-electron chi connectivity index (χ4n) is 3.01. The molecule has 136 valence electrons. The maximum Gasteiger partial charge on any atom is 0.293 e. The molecule has 1 saturated heterocycles. The molecule has 0 aliphatic carbocycles. The van der Waals surface area contributed by atoms with Gasteiger partial charge in [0.2, 0.25) is 0 Å². The molecule has 0 saturated carbocycles. The Labute approximate surface area is 159 Å². The number of rotatable bonds is 5. The van der Waals surface area contributed by atoms with Gasteiger partial charge in [-0.3, -0.25) is 14.9 Å². The van der Waals surface area contributed by atoms with Gasteiger partial charge in [-0.15, -0.1) is 0 Å². The number of nitrogens with one attached hydrogen (secondary N) is 1. The molecule has 1 amide bonds. The first-order chi connectivity index (χ1) is 12.5. The number of nitro groups is 1. The van der Waals surface area contributed by atoms with E-state index < -0.39 is 10.8 Å². The molecule has 3 rings (SSSR count). The Morgan fingerprint density at radius 2 is 1.96 bits per heavy atom. The Morgan fingerprint density at radius 3 is 2.62 bits per heavy atom. The van der Waals surface area contributed by atoms with E-state index in [1.807, 2.05) is 4.90 Å². The van der Waals surface area contributed by atoms with E-state index in [4.69, 9.17) is 4.74 Å². The van der Waals surface area contributed by atoms with Crippen molar-refractivity contribution in [2.45, 2.75) is 12.8 Å². The van der Waals surface area contributed by atoms with Crippen molar-refractivity contribution in [3.8, 4) is 5.75 Å². The lowest BCUT2D eigenvalue weighted by molar-refractivity contribution is -0.384. The number of hydrogen-bond donors (Lipinski definition) is 1. The van der Waals surface area contributed by atoms with Crippen LogP contribution in [-0.2, 0) is 0 Å². The topological polar surface area (TPSA) is 84.7 Å². The van der Waals surface area contributed by atoms with Gasteiger partial charge in [0.15, 0.2) is 0 Å². The number of methoxy groups -OCH3 is 1. The second-order valence-corrected chi connectivity index (χ2v) is 6.87. The van der Waals surface area contributed by atoms with E-state index in [0.29, 0.717) is 17.1 Å². The summed E-state index contributed by atoms with van der Waals surface area (Å²) < 4.78 is 6.02. The van der Waals surface area contributed by atoms with Crippen molar-refractivity contribution in [2.75, 3.05) is 30.4 Å². The Bertz CT molecular complexity index is 850. The van der Waals surface area contributed by atoms with Gasteiger partial charge in [0, 0.05) is 29.2 Å². The van der Waals surface area contributed by atoms with Crippen molar-refractivity contribution in [3.63, 3.8) is 0 Å². The minimum atomic E-state index is -0.440. The lowest BCUT2D eigenvalue weighted by Gasteiger charge is -2.18. The summed E-state index contributed by atoms with van der Waals surface area (Å²) >= 11 is 3.35. The van der Waals surface area contributed by atoms with Crippen LogP contribution in [0.4, 0.5) is 17.1 Å². The van der Waals surface area contributed by atoms with Crippen LogP contribution < -0.4 is 15.0 Å². The van der Waals surface area contributed by atoms with Gasteiger partial charge in [-0.05, 0) is 43.2 Å². The average Bonchev–Trinajstić information content (AvgIpc) is 3.16. The molecule has 1 N–H and O–H groups in total. The first kappa shape index (κ1) is 18.2. The zero-order valence-corrected chi connectivity index (χ0v) is 15.8. The number of nitro benzene ring substituents is 1. The molecule has 2 aromatic rings. The summed E-state index contributed by atoms with van der Waals surface area (Å²) in [4.78, 5) is 25.6. The highest BCUT2D eigenvalue weighted by atomic mass is 79.9. The predicted octanol–water partition coefficient (Wildman–Crippen LogP) is 4.22. The highest BCUT2D eigenvalue weighted by Gasteiger charge is 2.24. The predicted molar refractivity (Wildman–Crippen MR) is 103 cm³/mol. The van der Waals surface area contributed by atoms with E-state index in [0.717, 1.165) is 30.4 Å². The maximum absolute atomic E-state index is 12.6. The van der Waals surface area contributed by atoms with Crippen molar-refractivity contribution < 1.29 is 14.5 Å². The minimum absolute atomic E-state index is 0.0549. The van der Waals surface area contributed by atoms with Crippen LogP contribution in [0.3, 0.4) is 0 Å². The Hall–Kier alpha value is -2.61. The molecular weight excluding hydrogens is 402 g/mol. The minimum Gasteiger partial charge on any atom is -0.495 e. The average molecular weight is 420 g/mol. The first-order valence-electron chi connectivity index (χ1n) is 8.18. The van der Waals surface area contributed by atoms with Crippen molar-refractivity contribution in [1.82, 2.24) is 0 Å². The van der Waals surface area contributed by atoms with E-state index in [1.54, 1.807) is 30.3 Å². The molecule has 0 radical (unpaired) electrons. The molecule has 0 spiro atoms. The van der Waals surface area contributed by atoms with E-state index in [1.165, 1.54) is 13.2 Å². The van der Waals surface area contributed by atoms with Crippen LogP contribution in [0.1, 0.15) is 23.2 Å². The molecular formula is C18H18BrN3O4. The number of anilines is 2. The molecule has 1 fully saturated rings. The van der Waals surface area contributed by atoms with Crippen LogP contribution in [-0.4, -0.2) is 31.0 Å². The van der Waals surface area contributed by atoms with E-state index >= 15 is 0 Å². The molecule has 7 nitrogen and oxygen atoms in total. The fourth-order valence-corrected chi connectivity index (χ4v) is 3.37. The zero-order chi connectivity index (χ0) is 18.7. The van der Waals surface area contributed by atoms with E-state index in [9.17, 15) is 14.9 Å². The summed E-state index contributed by atoms with van der Waals surface area (Å²) in [5, 5.41) is 14.2. The highest BCUT2D eigenvalue weighted by molar-refractivity contribution is 9.10. The number of carbonyl (C=O) groups is 1. The van der Waals surface area contributed by atoms with Gasteiger partial charge < -0.3 is 15.0 Å². The Morgan fingerprint density at radius 1 is 1.23 bits per heavy atom. The molecule has 1 heterocycles. The van der Waals surface area contributed by atoms with Crippen molar-refractivity contribution in [1.29, 1.82) is 0 Å². The standard InChI is InChI=1S/C18H18BrN3O4/c1-26-17-7-5-13(19)11-14(17)20-18(23)12-4-6-15(16(10-12)22(24)25)21-8-2-3-9-21/h4-7,10-11H,2-3,8-9H2,1H3,(H,20,23). The number of nitrogens with zero attached hydrogens (tertiary/aromatic N) is 2. The number of halogens is 1. The van der Waals surface area contributed by atoms with Crippen molar-refractivity contribution in [2.24, 2.45) is 0 Å². The molecule has 0 aromatic heterocycles. The summed E-state index contributed by atoms with van der Waals surface area (Å²) in [5.41, 5.74) is 1.21. The summed E-state index contributed by atoms with van der Waals surface area (Å²) in [7, 11) is 1.51. The SMILES string of the molecule is COc1ccc(Br)cc1NC(=O)c1ccc(N2CCCC2)c([N+](=O)[O-])c1. The maximum atomic E-state index is 12.6. The number of ether oxygens (including phenoxy) is 1. The van der Waals surface area contributed by atoms with Gasteiger partial charge in [-0.1, -0.05) is 15.9 Å². The third kappa shape index (κ3) is 3.80. The van der Waals surface area contributed by atoms with Crippen molar-refractivity contribution >= 4 is 38.9 Å². The summed E-state index contributed by atoms with van der Waals surface area (Å²) in [6.45, 7) is 1.59. The lowest BCUT2D eigenvalue weighted by Crippen LogP contribution is -2.20. The summed E-state index contributed by atoms with van der Waals surface area (Å²) in [5.74, 6) is 0.0715. The number of hydrogen-bond acceptors (Lipinski definition) is 5. The molecule has 1 aliphatic rings. The largest absolute Gasteiger partial charge is 0.495 e. The summed E-state index contributed by atoms with van der Waals surface area (Å²) in [6, 6.07) is 9.82. The second-order valence-electron chi connectivity index (χ2n) is 5.95. The highest BCUT2D eigenvalue weighted by Crippen LogP contribution is 2.33. The van der Waals surface area contributed by atoms with Crippen LogP contribution in [0, 0.1) is 10.1 Å². The third-order valence-corrected chi connectivity index (χ3v) is 4.78. The van der Waals surface area contributed by atoms with Crippen LogP contribution in [0.2, 0.25) is 0 Å². The third-order valence-electron chi connectivity index (χ3n) is 4.29. The number of carbonyl (C=O) groups excluding carboxylic acids is 1. The molecule has 26 heavy (non-hydrogen) atoms. The quantitative estimate of drug-likeness (QED) is 0.579. The van der Waals surface area contributed by atoms with Gasteiger partial charge in [0.05, 0.1) is 17.7 Å². The van der Waals surface area contributed by atoms with Crippen LogP contribution in [0.15, 0.2) is 40.9 Å². The molecule has 8 heteroatoms. The fraction of sp³-hybridized carbons (Fsp3) is 0.278. The smallest absolute Gasteiger partial charge is 0.293 e. The van der Waals surface area contributed by atoms with Crippen LogP contribution in [0.25, 0.3) is 0 Å². The van der Waals surface area contributed by atoms with E-state index in [-0.39, 0.29) is 11.3 Å². The molecule has 0 unspecified atom stereocenters. The molecule has 1 aliphatic heterocycles. The van der Waals surface area contributed by atoms with E-state index in [2.05, 4.69) is 21.2 Å². The lowest BCUT2D eigenvalue weighted by atomic mass is 10.1. The van der Waals surface area contributed by atoms with Crippen molar-refractivity contribution in [3.05, 3.63) is 56.5 Å². The first-order valence-corrected chi connectivity index (χ1v) is 8.97. The number of benzene rings is 2. The zero-order valence-electron chi connectivity index (χ0n) is 14.2. The summed E-state index contributed by atoms with van der Waals surface area (Å²) in [6.07, 6.45) is 2.03. The normalized spacial score (nSPS) is 13.5. The van der Waals surface area contributed by atoms with Gasteiger partial charge in [-0.25, -0.2) is 0 Å². The Kier molecular flexibility index (Phi) is 5.41. The van der Waals surface area contributed by atoms with Gasteiger partial charge >= 0.3 is 0 Å². The van der Waals surface area contributed by atoms with Gasteiger partial charge in [0.1, 0.15) is 11.4 Å². The molecule has 0 bridgehead atoms. The molecule has 0 atom stereocenters. The monoisotopic (exact) mass is 419 g/mol. The van der Waals surface area contributed by atoms with Crippen LogP contribution >= 0.6 is 15.9 Å². The van der Waals surface area contributed by atoms with Crippen LogP contribution in [0.5, 0.6) is 5.75 Å². The molecule has 2 aromatic carbocycles. The van der Waals surface area contributed by atoms with Gasteiger partial charge in [-0.2, -0.15) is 0 Å².